The Labute approximate surface area is 432 Å². The normalized spacial score (nSPS) is 16.3. The Balaban J connectivity index is 0.000000236. The number of nitrogens with two attached hydrogens (primary N) is 1. The van der Waals surface area contributed by atoms with Crippen molar-refractivity contribution in [3.8, 4) is 12.1 Å². The molecular weight excluding hydrogens is 1030 g/mol. The summed E-state index contributed by atoms with van der Waals surface area (Å²) >= 11 is 12.9. The minimum absolute atomic E-state index is 0. The fourth-order valence-electron chi connectivity index (χ4n) is 9.06. The fourth-order valence-corrected chi connectivity index (χ4v) is 11.1. The second kappa shape index (κ2) is 21.5. The number of nitrogens with zero attached hydrogens (tertiary/aromatic N) is 10. The lowest BCUT2D eigenvalue weighted by molar-refractivity contribution is 0.0499. The summed E-state index contributed by atoms with van der Waals surface area (Å²) < 4.78 is 60.2. The number of anilines is 2. The van der Waals surface area contributed by atoms with Crippen LogP contribution in [0.5, 0.6) is 0 Å². The third-order valence-corrected chi connectivity index (χ3v) is 14.9. The third kappa shape index (κ3) is 11.4. The fraction of sp³-hybridized carbons (Fsp3) is 0.426. The zero-order valence-electron chi connectivity index (χ0n) is 40.6. The Hall–Kier alpha value is -6.14. The molecule has 0 aliphatic carbocycles. The van der Waals surface area contributed by atoms with Gasteiger partial charge in [0.1, 0.15) is 62.6 Å². The first-order valence-corrected chi connectivity index (χ1v) is 27.1. The second-order valence-corrected chi connectivity index (χ2v) is 23.3. The molecule has 1 amide bonds. The van der Waals surface area contributed by atoms with Crippen LogP contribution in [0.4, 0.5) is 16.4 Å². The molecule has 25 heteroatoms. The first-order valence-electron chi connectivity index (χ1n) is 22.5. The topological polar surface area (TPSA) is 266 Å². The number of piperidine rings is 2. The van der Waals surface area contributed by atoms with Gasteiger partial charge in [-0.25, -0.2) is 31.6 Å². The van der Waals surface area contributed by atoms with Crippen LogP contribution in [0.15, 0.2) is 68.4 Å². The zero-order chi connectivity index (χ0) is 51.9. The number of nitrogens with one attached hydrogen (secondary N) is 1. The molecular formula is C47H55Cl3N12O8S2. The average molecular weight is 1090 g/mol. The minimum Gasteiger partial charge on any atom is -0.444 e. The lowest BCUT2D eigenvalue weighted by Gasteiger charge is -2.35. The summed E-state index contributed by atoms with van der Waals surface area (Å²) in [5.41, 5.74) is 6.41. The van der Waals surface area contributed by atoms with Crippen LogP contribution in [0.2, 0.25) is 10.0 Å². The van der Waals surface area contributed by atoms with Gasteiger partial charge in [-0.15, -0.1) is 12.4 Å². The number of carbonyl (C=O) groups is 1. The number of carbonyl (C=O) groups excluding carboxylic acids is 1. The number of hydrogen-bond acceptors (Lipinski definition) is 15. The number of halogens is 3. The summed E-state index contributed by atoms with van der Waals surface area (Å²) in [6.07, 6.45) is 4.49. The first kappa shape index (κ1) is 55.2. The van der Waals surface area contributed by atoms with Gasteiger partial charge in [-0.05, 0) is 69.7 Å². The van der Waals surface area contributed by atoms with Crippen LogP contribution >= 0.6 is 35.6 Å². The van der Waals surface area contributed by atoms with E-state index in [1.807, 2.05) is 40.1 Å². The SMILES string of the molecule is Cl.Cn1c(S(C)(=O)=O)nc2c(C#N)c(N3CCC[C@@H](N)C3)n(Cc3ccccc3Cl)c2c1=O.Cn1c(S(C)(=O)=O)nc2c(C#N)c(N3CCC[C@@H](NC(=O)OC(C)(C)C)C3)n(Cc3ccccc3Cl)c2c1=O. The number of nitriles is 2. The van der Waals surface area contributed by atoms with Crippen LogP contribution < -0.4 is 32.0 Å². The van der Waals surface area contributed by atoms with Crippen LogP contribution in [-0.2, 0) is 51.6 Å². The molecule has 0 unspecified atom stereocenters. The standard InChI is InChI=1S/C26H31ClN6O5S.C21H23ClN6O3S.ClH/c1-26(2,3)38-25(35)29-17-10-8-12-32(15-17)22-18(13-28)20-21(23(34)31(4)24(30-20)39(5,36)37)33(22)14-16-9-6-7-11-19(16)27;1-26-20(29)18-17(25-21(26)32(2,30)31)15(10-23)19(27-9-5-7-14(24)12-27)28(18)11-13-6-3-4-8-16(13)22;/h6-7,9,11,17H,8,10,12,14-15H2,1-5H3,(H,29,35);3-4,6,8,14H,5,7,9,11-12,24H2,1-2H3;1H/t17-;14-;/m11./s1. The number of amides is 1. The minimum atomic E-state index is -3.87. The molecule has 0 bridgehead atoms. The number of alkyl carbamates (subject to hydrolysis) is 1. The van der Waals surface area contributed by atoms with Crippen molar-refractivity contribution in [3.05, 3.63) is 102 Å². The monoisotopic (exact) mass is 1080 g/mol. The molecule has 4 aromatic heterocycles. The van der Waals surface area contributed by atoms with Gasteiger partial charge in [0, 0.05) is 74.9 Å². The molecule has 2 aliphatic rings. The Morgan fingerprint density at radius 1 is 0.764 bits per heavy atom. The highest BCUT2D eigenvalue weighted by Crippen LogP contribution is 2.36. The van der Waals surface area contributed by atoms with Gasteiger partial charge in [0.05, 0.1) is 13.1 Å². The van der Waals surface area contributed by atoms with Gasteiger partial charge in [-0.3, -0.25) is 18.7 Å². The average Bonchev–Trinajstić information content (AvgIpc) is 3.78. The number of fused-ring (bicyclic) bond motifs is 2. The van der Waals surface area contributed by atoms with Crippen molar-refractivity contribution >= 4 is 95.1 Å². The zero-order valence-corrected chi connectivity index (χ0v) is 44.6. The van der Waals surface area contributed by atoms with E-state index < -0.39 is 47.6 Å². The second-order valence-electron chi connectivity index (χ2n) is 18.7. The van der Waals surface area contributed by atoms with Gasteiger partial charge in [0.15, 0.2) is 0 Å². The lowest BCUT2D eigenvalue weighted by atomic mass is 10.1. The van der Waals surface area contributed by atoms with E-state index in [0.29, 0.717) is 66.3 Å². The molecule has 2 aromatic carbocycles. The first-order chi connectivity index (χ1) is 33.3. The summed E-state index contributed by atoms with van der Waals surface area (Å²) in [6, 6.07) is 18.3. The number of rotatable bonds is 9. The number of benzene rings is 2. The Morgan fingerprint density at radius 2 is 1.18 bits per heavy atom. The highest BCUT2D eigenvalue weighted by atomic mass is 35.5. The van der Waals surface area contributed by atoms with Crippen LogP contribution in [0.3, 0.4) is 0 Å². The van der Waals surface area contributed by atoms with Gasteiger partial charge in [-0.1, -0.05) is 59.6 Å². The van der Waals surface area contributed by atoms with E-state index in [9.17, 15) is 41.7 Å². The van der Waals surface area contributed by atoms with Crippen molar-refractivity contribution in [2.45, 2.75) is 87.5 Å². The predicted molar refractivity (Wildman–Crippen MR) is 278 cm³/mol. The van der Waals surface area contributed by atoms with E-state index in [1.54, 1.807) is 48.1 Å². The largest absolute Gasteiger partial charge is 0.444 e. The van der Waals surface area contributed by atoms with Gasteiger partial charge >= 0.3 is 6.09 Å². The summed E-state index contributed by atoms with van der Waals surface area (Å²) in [5, 5.41) is 23.4. The van der Waals surface area contributed by atoms with Crippen molar-refractivity contribution in [2.75, 3.05) is 48.5 Å². The summed E-state index contributed by atoms with van der Waals surface area (Å²) in [5.74, 6) is 0.922. The molecule has 20 nitrogen and oxygen atoms in total. The Bertz CT molecular complexity index is 3540. The van der Waals surface area contributed by atoms with Gasteiger partial charge in [0.2, 0.25) is 30.0 Å². The molecule has 6 heterocycles. The van der Waals surface area contributed by atoms with Crippen LogP contribution in [0.25, 0.3) is 22.1 Å². The maximum Gasteiger partial charge on any atom is 0.407 e. The highest BCUT2D eigenvalue weighted by Gasteiger charge is 2.34. The molecule has 384 valence electrons. The molecule has 2 aliphatic heterocycles. The highest BCUT2D eigenvalue weighted by molar-refractivity contribution is 7.90. The van der Waals surface area contributed by atoms with E-state index in [4.69, 9.17) is 33.7 Å². The molecule has 0 spiro atoms. The number of aromatic nitrogens is 6. The molecule has 2 atom stereocenters. The van der Waals surface area contributed by atoms with Crippen molar-refractivity contribution in [2.24, 2.45) is 19.8 Å². The Morgan fingerprint density at radius 3 is 1.57 bits per heavy atom. The smallest absolute Gasteiger partial charge is 0.407 e. The number of sulfone groups is 2. The number of ether oxygens (including phenoxy) is 1. The van der Waals surface area contributed by atoms with Crippen LogP contribution in [0, 0.1) is 22.7 Å². The van der Waals surface area contributed by atoms with E-state index >= 15 is 0 Å². The van der Waals surface area contributed by atoms with Gasteiger partial charge < -0.3 is 34.7 Å². The lowest BCUT2D eigenvalue weighted by Crippen LogP contribution is -2.49. The number of hydrogen-bond donors (Lipinski definition) is 2. The molecule has 0 saturated carbocycles. The van der Waals surface area contributed by atoms with Crippen molar-refractivity contribution < 1.29 is 26.4 Å². The van der Waals surface area contributed by atoms with Crippen molar-refractivity contribution in [3.63, 3.8) is 0 Å². The Kier molecular flexibility index (Phi) is 16.5. The third-order valence-electron chi connectivity index (χ3n) is 12.1. The molecule has 6 aromatic rings. The van der Waals surface area contributed by atoms with E-state index in [-0.39, 0.29) is 75.9 Å². The molecule has 72 heavy (non-hydrogen) atoms. The summed E-state index contributed by atoms with van der Waals surface area (Å²) in [6.45, 7) is 7.74. The van der Waals surface area contributed by atoms with E-state index in [0.717, 1.165) is 40.1 Å². The summed E-state index contributed by atoms with van der Waals surface area (Å²) in [7, 11) is -4.96. The van der Waals surface area contributed by atoms with Crippen molar-refractivity contribution in [1.82, 2.24) is 33.6 Å². The van der Waals surface area contributed by atoms with E-state index in [1.165, 1.54) is 14.1 Å². The van der Waals surface area contributed by atoms with Gasteiger partial charge in [-0.2, -0.15) is 10.5 Å². The molecule has 2 saturated heterocycles. The van der Waals surface area contributed by atoms with Gasteiger partial charge in [0.25, 0.3) is 11.1 Å². The van der Waals surface area contributed by atoms with Crippen LogP contribution in [-0.4, -0.2) is 108 Å². The van der Waals surface area contributed by atoms with Crippen molar-refractivity contribution in [1.29, 1.82) is 10.5 Å². The summed E-state index contributed by atoms with van der Waals surface area (Å²) in [4.78, 5) is 51.9. The maximum absolute atomic E-state index is 13.6. The molecule has 2 fully saturated rings. The maximum atomic E-state index is 13.6. The van der Waals surface area contributed by atoms with Crippen LogP contribution in [0.1, 0.15) is 68.7 Å². The van der Waals surface area contributed by atoms with E-state index in [2.05, 4.69) is 27.4 Å². The predicted octanol–water partition coefficient (Wildman–Crippen LogP) is 5.27. The molecule has 8 rings (SSSR count). The molecule has 3 N–H and O–H groups in total. The quantitative estimate of drug-likeness (QED) is 0.175. The molecule has 0 radical (unpaired) electrons.